The maximum Gasteiger partial charge on any atom is 0.273 e. The van der Waals surface area contributed by atoms with Gasteiger partial charge in [0.1, 0.15) is 11.7 Å². The molecule has 7 nitrogen and oxygen atoms in total. The van der Waals surface area contributed by atoms with Crippen LogP contribution in [0.5, 0.6) is 0 Å². The zero-order chi connectivity index (χ0) is 23.4. The molecule has 1 atom stereocenters. The molecule has 2 heterocycles. The van der Waals surface area contributed by atoms with Gasteiger partial charge < -0.3 is 15.5 Å². The molecule has 33 heavy (non-hydrogen) atoms. The van der Waals surface area contributed by atoms with E-state index in [4.69, 9.17) is 5.73 Å². The number of aryl methyl sites for hydroxylation is 1. The predicted molar refractivity (Wildman–Crippen MR) is 128 cm³/mol. The summed E-state index contributed by atoms with van der Waals surface area (Å²) in [4.78, 5) is 38.7. The van der Waals surface area contributed by atoms with Crippen LogP contribution < -0.4 is 5.73 Å². The molecule has 2 aromatic carbocycles. The summed E-state index contributed by atoms with van der Waals surface area (Å²) in [6, 6.07) is 19.2. The second-order valence-corrected chi connectivity index (χ2v) is 8.32. The van der Waals surface area contributed by atoms with E-state index in [0.29, 0.717) is 31.7 Å². The number of amides is 2. The maximum atomic E-state index is 13.5. The number of anilines is 1. The Morgan fingerprint density at radius 2 is 1.79 bits per heavy atom. The molecule has 0 saturated carbocycles. The van der Waals surface area contributed by atoms with Crippen molar-refractivity contribution < 1.29 is 9.59 Å². The van der Waals surface area contributed by atoms with Crippen LogP contribution in [0, 0.1) is 6.92 Å². The van der Waals surface area contributed by atoms with Crippen LogP contribution >= 0.6 is 0 Å². The molecule has 170 valence electrons. The number of piperazine rings is 1. The lowest BCUT2D eigenvalue weighted by Crippen LogP contribution is -2.59. The average molecular weight is 444 g/mol. The van der Waals surface area contributed by atoms with Crippen LogP contribution in [0.25, 0.3) is 11.1 Å². The van der Waals surface area contributed by atoms with E-state index in [1.807, 2.05) is 41.3 Å². The van der Waals surface area contributed by atoms with Gasteiger partial charge in [-0.1, -0.05) is 61.5 Å². The van der Waals surface area contributed by atoms with E-state index < -0.39 is 6.04 Å². The Hall–Kier alpha value is -3.74. The molecule has 0 bridgehead atoms. The summed E-state index contributed by atoms with van der Waals surface area (Å²) in [7, 11) is 0. The van der Waals surface area contributed by atoms with Gasteiger partial charge in [0.2, 0.25) is 11.9 Å². The first-order valence-corrected chi connectivity index (χ1v) is 11.3. The highest BCUT2D eigenvalue weighted by molar-refractivity contribution is 5.97. The molecule has 7 heteroatoms. The van der Waals surface area contributed by atoms with Crippen LogP contribution in [-0.4, -0.2) is 57.3 Å². The topological polar surface area (TPSA) is 92.4 Å². The zero-order valence-electron chi connectivity index (χ0n) is 19.1. The highest BCUT2D eigenvalue weighted by atomic mass is 16.2. The Bertz CT molecular complexity index is 1130. The van der Waals surface area contributed by atoms with Crippen LogP contribution in [0.3, 0.4) is 0 Å². The fourth-order valence-corrected chi connectivity index (χ4v) is 4.43. The minimum Gasteiger partial charge on any atom is -0.368 e. The van der Waals surface area contributed by atoms with E-state index in [9.17, 15) is 9.59 Å². The molecule has 2 N–H and O–H groups in total. The largest absolute Gasteiger partial charge is 0.368 e. The summed E-state index contributed by atoms with van der Waals surface area (Å²) in [5.41, 5.74) is 9.80. The SMILES string of the molecule is CCCN1CCN(C(=O)c2cc(C)nc(N)n2)C(Cc2ccccc2-c2ccccc2)C1=O. The van der Waals surface area contributed by atoms with E-state index in [-0.39, 0.29) is 23.5 Å². The van der Waals surface area contributed by atoms with Gasteiger partial charge in [0.15, 0.2) is 0 Å². The molecule has 1 aliphatic heterocycles. The molecule has 1 fully saturated rings. The van der Waals surface area contributed by atoms with Crippen LogP contribution in [0.4, 0.5) is 5.95 Å². The Labute approximate surface area is 194 Å². The summed E-state index contributed by atoms with van der Waals surface area (Å²) >= 11 is 0. The summed E-state index contributed by atoms with van der Waals surface area (Å²) in [5.74, 6) is -0.266. The molecule has 1 aromatic heterocycles. The monoisotopic (exact) mass is 443 g/mol. The first kappa shape index (κ1) is 22.5. The van der Waals surface area contributed by atoms with Crippen molar-refractivity contribution in [3.05, 3.63) is 77.6 Å². The third-order valence-electron chi connectivity index (χ3n) is 5.94. The molecular formula is C26H29N5O2. The number of benzene rings is 2. The molecule has 1 aliphatic rings. The number of rotatable bonds is 6. The highest BCUT2D eigenvalue weighted by Crippen LogP contribution is 2.27. The third-order valence-corrected chi connectivity index (χ3v) is 5.94. The van der Waals surface area contributed by atoms with Crippen LogP contribution in [0.15, 0.2) is 60.7 Å². The van der Waals surface area contributed by atoms with E-state index in [0.717, 1.165) is 23.1 Å². The second-order valence-electron chi connectivity index (χ2n) is 8.32. The lowest BCUT2D eigenvalue weighted by Gasteiger charge is -2.40. The van der Waals surface area contributed by atoms with Gasteiger partial charge in [-0.15, -0.1) is 0 Å². The number of nitrogens with two attached hydrogens (primary N) is 1. The Morgan fingerprint density at radius 3 is 2.52 bits per heavy atom. The minimum atomic E-state index is -0.612. The fraction of sp³-hybridized carbons (Fsp3) is 0.308. The van der Waals surface area contributed by atoms with Crippen molar-refractivity contribution in [2.24, 2.45) is 0 Å². The van der Waals surface area contributed by atoms with Gasteiger partial charge in [-0.2, -0.15) is 0 Å². The van der Waals surface area contributed by atoms with E-state index in [1.54, 1.807) is 17.9 Å². The molecule has 1 saturated heterocycles. The van der Waals surface area contributed by atoms with E-state index in [2.05, 4.69) is 35.1 Å². The van der Waals surface area contributed by atoms with Crippen LogP contribution in [0.2, 0.25) is 0 Å². The number of hydrogen-bond donors (Lipinski definition) is 1. The van der Waals surface area contributed by atoms with Crippen molar-refractivity contribution in [1.29, 1.82) is 0 Å². The van der Waals surface area contributed by atoms with Crippen molar-refractivity contribution in [3.8, 4) is 11.1 Å². The van der Waals surface area contributed by atoms with Gasteiger partial charge in [-0.05, 0) is 36.1 Å². The number of aromatic nitrogens is 2. The van der Waals surface area contributed by atoms with Crippen LogP contribution in [0.1, 0.15) is 35.1 Å². The summed E-state index contributed by atoms with van der Waals surface area (Å²) < 4.78 is 0. The summed E-state index contributed by atoms with van der Waals surface area (Å²) in [6.07, 6.45) is 1.30. The van der Waals surface area contributed by atoms with Gasteiger partial charge in [-0.25, -0.2) is 9.97 Å². The fourth-order valence-electron chi connectivity index (χ4n) is 4.43. The molecule has 0 radical (unpaired) electrons. The van der Waals surface area contributed by atoms with Gasteiger partial charge in [0, 0.05) is 31.7 Å². The summed E-state index contributed by atoms with van der Waals surface area (Å²) in [5, 5.41) is 0. The van der Waals surface area contributed by atoms with Crippen molar-refractivity contribution in [2.75, 3.05) is 25.4 Å². The smallest absolute Gasteiger partial charge is 0.273 e. The maximum absolute atomic E-state index is 13.5. The van der Waals surface area contributed by atoms with Crippen molar-refractivity contribution in [3.63, 3.8) is 0 Å². The second kappa shape index (κ2) is 9.81. The Balaban J connectivity index is 1.70. The zero-order valence-corrected chi connectivity index (χ0v) is 19.1. The average Bonchev–Trinajstić information content (AvgIpc) is 2.82. The third kappa shape index (κ3) is 4.87. The number of carbonyl (C=O) groups is 2. The Kier molecular flexibility index (Phi) is 6.68. The molecular weight excluding hydrogens is 414 g/mol. The Morgan fingerprint density at radius 1 is 1.06 bits per heavy atom. The van der Waals surface area contributed by atoms with Gasteiger partial charge in [0.05, 0.1) is 0 Å². The lowest BCUT2D eigenvalue weighted by atomic mass is 9.93. The van der Waals surface area contributed by atoms with Gasteiger partial charge >= 0.3 is 0 Å². The molecule has 4 rings (SSSR count). The molecule has 0 spiro atoms. The van der Waals surface area contributed by atoms with Crippen LogP contribution in [-0.2, 0) is 11.2 Å². The highest BCUT2D eigenvalue weighted by Gasteiger charge is 2.38. The molecule has 3 aromatic rings. The van der Waals surface area contributed by atoms with Gasteiger partial charge in [0.25, 0.3) is 5.91 Å². The van der Waals surface area contributed by atoms with Gasteiger partial charge in [-0.3, -0.25) is 9.59 Å². The lowest BCUT2D eigenvalue weighted by molar-refractivity contribution is -0.140. The quantitative estimate of drug-likeness (QED) is 0.631. The van der Waals surface area contributed by atoms with Crippen molar-refractivity contribution >= 4 is 17.8 Å². The number of hydrogen-bond acceptors (Lipinski definition) is 5. The first-order valence-electron chi connectivity index (χ1n) is 11.3. The number of nitrogens with zero attached hydrogens (tertiary/aromatic N) is 4. The molecule has 0 aliphatic carbocycles. The van der Waals surface area contributed by atoms with E-state index in [1.165, 1.54) is 0 Å². The van der Waals surface area contributed by atoms with Crippen molar-refractivity contribution in [2.45, 2.75) is 32.7 Å². The number of nitrogen functional groups attached to an aromatic ring is 1. The van der Waals surface area contributed by atoms with E-state index >= 15 is 0 Å². The normalized spacial score (nSPS) is 16.2. The molecule has 2 amide bonds. The number of carbonyl (C=O) groups excluding carboxylic acids is 2. The first-order chi connectivity index (χ1) is 16.0. The standard InChI is InChI=1S/C26H29N5O2/c1-3-13-30-14-15-31(24(32)22-16-18(2)28-26(27)29-22)23(25(30)33)17-20-11-7-8-12-21(20)19-9-5-4-6-10-19/h4-12,16,23H,3,13-15,17H2,1-2H3,(H2,27,28,29). The predicted octanol–water partition coefficient (Wildman–Crippen LogP) is 3.34. The summed E-state index contributed by atoms with van der Waals surface area (Å²) in [6.45, 7) is 5.46. The minimum absolute atomic E-state index is 0.0296. The molecule has 1 unspecified atom stereocenters. The van der Waals surface area contributed by atoms with Crippen molar-refractivity contribution in [1.82, 2.24) is 19.8 Å².